The SMILES string of the molecule is Cn1ncc2c1CCC[C@H]2c1nc(-c2ccc(C(=O)NC3CC(C(F)(F)F)CCN3)cc2)c2c(N)nccn12. The smallest absolute Gasteiger partial charge is 0.382 e. The summed E-state index contributed by atoms with van der Waals surface area (Å²) in [6.45, 7) is 0.195. The van der Waals surface area contributed by atoms with Gasteiger partial charge >= 0.3 is 6.18 Å². The number of carbonyl (C=O) groups excluding carboxylic acids is 1. The molecule has 4 aromatic rings. The van der Waals surface area contributed by atoms with Gasteiger partial charge in [-0.05, 0) is 50.8 Å². The minimum atomic E-state index is -4.27. The number of nitrogens with one attached hydrogen (secondary N) is 2. The summed E-state index contributed by atoms with van der Waals surface area (Å²) in [4.78, 5) is 22.1. The highest BCUT2D eigenvalue weighted by atomic mass is 19.4. The van der Waals surface area contributed by atoms with E-state index in [1.54, 1.807) is 30.5 Å². The Balaban J connectivity index is 1.28. The number of alkyl halides is 3. The third-order valence-electron chi connectivity index (χ3n) is 7.89. The van der Waals surface area contributed by atoms with Crippen LogP contribution in [0.2, 0.25) is 0 Å². The summed E-state index contributed by atoms with van der Waals surface area (Å²) in [6, 6.07) is 6.84. The van der Waals surface area contributed by atoms with Crippen molar-refractivity contribution in [2.75, 3.05) is 12.3 Å². The molecule has 0 spiro atoms. The molecule has 4 heterocycles. The number of imidazole rings is 1. The van der Waals surface area contributed by atoms with Gasteiger partial charge in [0.15, 0.2) is 0 Å². The molecule has 1 aliphatic carbocycles. The van der Waals surface area contributed by atoms with Gasteiger partial charge in [-0.1, -0.05) is 12.1 Å². The first-order chi connectivity index (χ1) is 18.7. The minimum absolute atomic E-state index is 0.00606. The maximum absolute atomic E-state index is 13.1. The number of anilines is 1. The van der Waals surface area contributed by atoms with Gasteiger partial charge in [0, 0.05) is 47.7 Å². The van der Waals surface area contributed by atoms with Crippen molar-refractivity contribution in [1.82, 2.24) is 34.8 Å². The number of carbonyl (C=O) groups is 1. The lowest BCUT2D eigenvalue weighted by Gasteiger charge is -2.32. The molecule has 0 saturated carbocycles. The van der Waals surface area contributed by atoms with Gasteiger partial charge in [0.1, 0.15) is 22.9 Å². The van der Waals surface area contributed by atoms with Crippen molar-refractivity contribution >= 4 is 17.2 Å². The number of amides is 1. The third kappa shape index (κ3) is 4.62. The fourth-order valence-corrected chi connectivity index (χ4v) is 5.85. The van der Waals surface area contributed by atoms with Crippen LogP contribution in [0.5, 0.6) is 0 Å². The molecule has 0 radical (unpaired) electrons. The molecular weight excluding hydrogens is 509 g/mol. The van der Waals surface area contributed by atoms with E-state index in [9.17, 15) is 18.0 Å². The van der Waals surface area contributed by atoms with Crippen molar-refractivity contribution in [1.29, 1.82) is 0 Å². The minimum Gasteiger partial charge on any atom is -0.382 e. The van der Waals surface area contributed by atoms with Crippen LogP contribution in [-0.2, 0) is 13.5 Å². The molecule has 1 aromatic carbocycles. The molecule has 1 saturated heterocycles. The summed E-state index contributed by atoms with van der Waals surface area (Å²) in [5.41, 5.74) is 11.1. The summed E-state index contributed by atoms with van der Waals surface area (Å²) in [5.74, 6) is -0.616. The van der Waals surface area contributed by atoms with Crippen LogP contribution in [0.25, 0.3) is 16.8 Å². The van der Waals surface area contributed by atoms with Crippen LogP contribution < -0.4 is 16.4 Å². The number of halogens is 3. The molecule has 3 aromatic heterocycles. The van der Waals surface area contributed by atoms with Crippen molar-refractivity contribution < 1.29 is 18.0 Å². The highest BCUT2D eigenvalue weighted by molar-refractivity contribution is 5.95. The summed E-state index contributed by atoms with van der Waals surface area (Å²) < 4.78 is 43.4. The fourth-order valence-electron chi connectivity index (χ4n) is 5.85. The number of piperidine rings is 1. The Hall–Kier alpha value is -3.93. The molecule has 39 heavy (non-hydrogen) atoms. The third-order valence-corrected chi connectivity index (χ3v) is 7.89. The second kappa shape index (κ2) is 9.67. The summed E-state index contributed by atoms with van der Waals surface area (Å²) >= 11 is 0. The van der Waals surface area contributed by atoms with Crippen LogP contribution >= 0.6 is 0 Å². The van der Waals surface area contributed by atoms with Gasteiger partial charge in [-0.2, -0.15) is 18.3 Å². The average Bonchev–Trinajstić information content (AvgIpc) is 3.50. The Kier molecular flexibility index (Phi) is 6.29. The first kappa shape index (κ1) is 25.4. The van der Waals surface area contributed by atoms with E-state index < -0.39 is 24.2 Å². The molecule has 6 rings (SSSR count). The van der Waals surface area contributed by atoms with Crippen LogP contribution in [0.15, 0.2) is 42.9 Å². The maximum atomic E-state index is 13.1. The summed E-state index contributed by atoms with van der Waals surface area (Å²) in [6.07, 6.45) is 3.15. The lowest BCUT2D eigenvalue weighted by molar-refractivity contribution is -0.183. The fraction of sp³-hybridized carbons (Fsp3) is 0.407. The molecule has 1 fully saturated rings. The van der Waals surface area contributed by atoms with Crippen LogP contribution in [0.1, 0.15) is 59.0 Å². The lowest BCUT2D eigenvalue weighted by Crippen LogP contribution is -2.52. The van der Waals surface area contributed by atoms with E-state index in [1.807, 2.05) is 28.5 Å². The molecule has 0 bridgehead atoms. The van der Waals surface area contributed by atoms with Crippen LogP contribution in [0.4, 0.5) is 19.0 Å². The van der Waals surface area contributed by atoms with Gasteiger partial charge in [0.2, 0.25) is 0 Å². The van der Waals surface area contributed by atoms with Gasteiger partial charge in [-0.15, -0.1) is 0 Å². The van der Waals surface area contributed by atoms with Crippen molar-refractivity contribution in [3.8, 4) is 11.3 Å². The van der Waals surface area contributed by atoms with Gasteiger partial charge in [0.05, 0.1) is 18.3 Å². The topological polar surface area (TPSA) is 115 Å². The molecule has 9 nitrogen and oxygen atoms in total. The quantitative estimate of drug-likeness (QED) is 0.364. The van der Waals surface area contributed by atoms with Crippen LogP contribution in [-0.4, -0.2) is 48.9 Å². The lowest BCUT2D eigenvalue weighted by atomic mass is 9.86. The largest absolute Gasteiger partial charge is 0.391 e. The molecule has 1 aliphatic heterocycles. The van der Waals surface area contributed by atoms with Gasteiger partial charge < -0.3 is 11.1 Å². The number of aromatic nitrogens is 5. The molecule has 204 valence electrons. The van der Waals surface area contributed by atoms with Gasteiger partial charge in [-0.25, -0.2) is 9.97 Å². The first-order valence-electron chi connectivity index (χ1n) is 13.1. The Morgan fingerprint density at radius 2 is 2.00 bits per heavy atom. The molecule has 1 amide bonds. The van der Waals surface area contributed by atoms with E-state index >= 15 is 0 Å². The van der Waals surface area contributed by atoms with Gasteiger partial charge in [-0.3, -0.25) is 19.2 Å². The molecular formula is C27H29F3N8O. The zero-order chi connectivity index (χ0) is 27.3. The second-order valence-corrected chi connectivity index (χ2v) is 10.3. The van der Waals surface area contributed by atoms with E-state index in [4.69, 9.17) is 10.7 Å². The zero-order valence-corrected chi connectivity index (χ0v) is 21.4. The number of benzene rings is 1. The van der Waals surface area contributed by atoms with Crippen LogP contribution in [0, 0.1) is 5.92 Å². The second-order valence-electron chi connectivity index (χ2n) is 10.3. The summed E-state index contributed by atoms with van der Waals surface area (Å²) in [5, 5.41) is 10.1. The monoisotopic (exact) mass is 538 g/mol. The van der Waals surface area contributed by atoms with Crippen LogP contribution in [0.3, 0.4) is 0 Å². The highest BCUT2D eigenvalue weighted by Gasteiger charge is 2.42. The van der Waals surface area contributed by atoms with Crippen molar-refractivity contribution in [3.05, 3.63) is 65.5 Å². The van der Waals surface area contributed by atoms with E-state index in [0.717, 1.165) is 36.2 Å². The molecule has 4 N–H and O–H groups in total. The molecule has 3 atom stereocenters. The first-order valence-corrected chi connectivity index (χ1v) is 13.1. The Morgan fingerprint density at radius 1 is 1.21 bits per heavy atom. The zero-order valence-electron chi connectivity index (χ0n) is 21.4. The van der Waals surface area contributed by atoms with E-state index in [1.165, 1.54) is 5.69 Å². The Labute approximate surface area is 222 Å². The van der Waals surface area contributed by atoms with E-state index in [-0.39, 0.29) is 25.3 Å². The summed E-state index contributed by atoms with van der Waals surface area (Å²) in [7, 11) is 1.95. The number of nitrogens with two attached hydrogens (primary N) is 1. The van der Waals surface area contributed by atoms with Crippen molar-refractivity contribution in [3.63, 3.8) is 0 Å². The van der Waals surface area contributed by atoms with Crippen molar-refractivity contribution in [2.24, 2.45) is 13.0 Å². The number of aryl methyl sites for hydroxylation is 1. The molecule has 2 unspecified atom stereocenters. The predicted octanol–water partition coefficient (Wildman–Crippen LogP) is 3.80. The van der Waals surface area contributed by atoms with E-state index in [0.29, 0.717) is 22.6 Å². The number of nitrogens with zero attached hydrogens (tertiary/aromatic N) is 5. The number of hydrogen-bond acceptors (Lipinski definition) is 6. The molecule has 12 heteroatoms. The number of hydrogen-bond donors (Lipinski definition) is 3. The van der Waals surface area contributed by atoms with Gasteiger partial charge in [0.25, 0.3) is 5.91 Å². The van der Waals surface area contributed by atoms with E-state index in [2.05, 4.69) is 20.7 Å². The maximum Gasteiger partial charge on any atom is 0.391 e. The number of fused-ring (bicyclic) bond motifs is 2. The van der Waals surface area contributed by atoms with Crippen molar-refractivity contribution in [2.45, 2.75) is 50.4 Å². The Bertz CT molecular complexity index is 1520. The number of nitrogen functional groups attached to an aromatic ring is 1. The Morgan fingerprint density at radius 3 is 2.77 bits per heavy atom. The molecule has 2 aliphatic rings. The average molecular weight is 539 g/mol. The number of rotatable bonds is 4. The predicted molar refractivity (Wildman–Crippen MR) is 139 cm³/mol. The normalized spacial score (nSPS) is 21.6. The standard InChI is InChI=1S/C27H29F3N8O/c1-37-20-4-2-3-18(19(20)14-34-37)25-36-22(23-24(31)33-11-12-38(23)25)15-5-7-16(8-6-15)26(39)35-21-13-17(9-10-32-21)27(28,29)30/h5-8,11-12,14,17-18,21,32H,2-4,9-10,13H2,1H3,(H2,31,33)(H,35,39)/t17?,18-,21?/m1/s1. The highest BCUT2D eigenvalue weighted by Crippen LogP contribution is 2.39.